The van der Waals surface area contributed by atoms with Gasteiger partial charge in [0.05, 0.1) is 6.20 Å². The standard InChI is InChI=1S/C7H8N2O3/c1-2-3-12-6-5(7(10)11)4-8-9-6/h2,4H,1,3H2,(H,8,9)(H,10,11). The molecule has 0 aliphatic carbocycles. The maximum Gasteiger partial charge on any atom is 0.342 e. The number of nitrogens with zero attached hydrogens (tertiary/aromatic N) is 1. The fourth-order valence-electron chi connectivity index (χ4n) is 0.679. The van der Waals surface area contributed by atoms with Crippen LogP contribution in [-0.2, 0) is 0 Å². The van der Waals surface area contributed by atoms with Crippen molar-refractivity contribution >= 4 is 5.97 Å². The lowest BCUT2D eigenvalue weighted by atomic mass is 10.3. The highest BCUT2D eigenvalue weighted by molar-refractivity contribution is 5.89. The van der Waals surface area contributed by atoms with Crippen LogP contribution in [0.3, 0.4) is 0 Å². The van der Waals surface area contributed by atoms with Crippen molar-refractivity contribution in [1.29, 1.82) is 0 Å². The highest BCUT2D eigenvalue weighted by Crippen LogP contribution is 2.12. The zero-order valence-electron chi connectivity index (χ0n) is 6.28. The third-order valence-corrected chi connectivity index (χ3v) is 1.18. The second-order valence-electron chi connectivity index (χ2n) is 2.02. The Morgan fingerprint density at radius 3 is 3.25 bits per heavy atom. The monoisotopic (exact) mass is 168 g/mol. The Balaban J connectivity index is 2.76. The number of aromatic nitrogens is 2. The van der Waals surface area contributed by atoms with Gasteiger partial charge in [-0.15, -0.1) is 0 Å². The molecule has 0 bridgehead atoms. The van der Waals surface area contributed by atoms with Gasteiger partial charge in [0.2, 0.25) is 5.88 Å². The largest absolute Gasteiger partial charge is 0.477 e. The summed E-state index contributed by atoms with van der Waals surface area (Å²) < 4.78 is 4.97. The van der Waals surface area contributed by atoms with Gasteiger partial charge in [-0.05, 0) is 0 Å². The van der Waals surface area contributed by atoms with E-state index in [1.165, 1.54) is 12.3 Å². The molecule has 0 fully saturated rings. The number of rotatable bonds is 4. The fraction of sp³-hybridized carbons (Fsp3) is 0.143. The van der Waals surface area contributed by atoms with Gasteiger partial charge in [0, 0.05) is 0 Å². The first-order valence-corrected chi connectivity index (χ1v) is 3.26. The number of H-pyrrole nitrogens is 1. The van der Waals surface area contributed by atoms with Crippen molar-refractivity contribution in [1.82, 2.24) is 10.2 Å². The van der Waals surface area contributed by atoms with E-state index in [9.17, 15) is 4.79 Å². The Morgan fingerprint density at radius 2 is 2.67 bits per heavy atom. The summed E-state index contributed by atoms with van der Waals surface area (Å²) in [5.74, 6) is -0.912. The van der Waals surface area contributed by atoms with Crippen LogP contribution in [-0.4, -0.2) is 27.9 Å². The molecule has 0 radical (unpaired) electrons. The van der Waals surface area contributed by atoms with Gasteiger partial charge >= 0.3 is 5.97 Å². The number of carboxylic acids is 1. The molecule has 0 aromatic carbocycles. The van der Waals surface area contributed by atoms with Gasteiger partial charge in [-0.2, -0.15) is 5.10 Å². The SMILES string of the molecule is C=CCOc1[nH]ncc1C(=O)O. The van der Waals surface area contributed by atoms with Crippen LogP contribution >= 0.6 is 0 Å². The first-order chi connectivity index (χ1) is 5.75. The van der Waals surface area contributed by atoms with E-state index < -0.39 is 5.97 Å². The molecule has 12 heavy (non-hydrogen) atoms. The normalized spacial score (nSPS) is 9.33. The average Bonchev–Trinajstić information content (AvgIpc) is 2.48. The van der Waals surface area contributed by atoms with Gasteiger partial charge < -0.3 is 9.84 Å². The Morgan fingerprint density at radius 1 is 1.92 bits per heavy atom. The number of hydrogen-bond donors (Lipinski definition) is 2. The number of ether oxygens (including phenoxy) is 1. The molecule has 0 saturated carbocycles. The molecule has 5 nitrogen and oxygen atoms in total. The van der Waals surface area contributed by atoms with Crippen molar-refractivity contribution in [2.75, 3.05) is 6.61 Å². The van der Waals surface area contributed by atoms with E-state index in [2.05, 4.69) is 16.8 Å². The minimum absolute atomic E-state index is 0.0249. The smallest absolute Gasteiger partial charge is 0.342 e. The first-order valence-electron chi connectivity index (χ1n) is 3.26. The molecule has 0 atom stereocenters. The second-order valence-corrected chi connectivity index (χ2v) is 2.02. The van der Waals surface area contributed by atoms with Crippen molar-refractivity contribution in [3.05, 3.63) is 24.4 Å². The molecule has 1 aromatic rings. The number of aromatic amines is 1. The summed E-state index contributed by atoms with van der Waals surface area (Å²) in [6.45, 7) is 3.68. The molecular formula is C7H8N2O3. The van der Waals surface area contributed by atoms with Crippen LogP contribution < -0.4 is 4.74 Å². The van der Waals surface area contributed by atoms with Crippen molar-refractivity contribution < 1.29 is 14.6 Å². The minimum Gasteiger partial charge on any atom is -0.477 e. The summed E-state index contributed by atoms with van der Waals surface area (Å²) in [5, 5.41) is 14.5. The lowest BCUT2D eigenvalue weighted by Gasteiger charge is -1.98. The van der Waals surface area contributed by atoms with E-state index in [1.54, 1.807) is 0 Å². The van der Waals surface area contributed by atoms with Crippen molar-refractivity contribution in [3.8, 4) is 5.88 Å². The Bertz CT molecular complexity index is 293. The minimum atomic E-state index is -1.07. The van der Waals surface area contributed by atoms with E-state index in [-0.39, 0.29) is 18.1 Å². The number of aromatic carboxylic acids is 1. The van der Waals surface area contributed by atoms with E-state index in [0.29, 0.717) is 0 Å². The third kappa shape index (κ3) is 1.63. The second kappa shape index (κ2) is 3.56. The molecular weight excluding hydrogens is 160 g/mol. The molecule has 5 heteroatoms. The van der Waals surface area contributed by atoms with Crippen LogP contribution in [0, 0.1) is 0 Å². The lowest BCUT2D eigenvalue weighted by Crippen LogP contribution is -2.00. The van der Waals surface area contributed by atoms with Gasteiger partial charge in [0.15, 0.2) is 0 Å². The van der Waals surface area contributed by atoms with Crippen LogP contribution in [0.15, 0.2) is 18.9 Å². The summed E-state index contributed by atoms with van der Waals surface area (Å²) in [6, 6.07) is 0. The van der Waals surface area contributed by atoms with Gasteiger partial charge in [-0.25, -0.2) is 9.89 Å². The molecule has 1 aromatic heterocycles. The maximum absolute atomic E-state index is 10.5. The lowest BCUT2D eigenvalue weighted by molar-refractivity contribution is 0.0693. The summed E-state index contributed by atoms with van der Waals surface area (Å²) in [7, 11) is 0. The van der Waals surface area contributed by atoms with Crippen LogP contribution in [0.2, 0.25) is 0 Å². The van der Waals surface area contributed by atoms with Gasteiger partial charge in [0.1, 0.15) is 12.2 Å². The molecule has 0 aliphatic heterocycles. The predicted octanol–water partition coefficient (Wildman–Crippen LogP) is 0.673. The van der Waals surface area contributed by atoms with Gasteiger partial charge in [-0.1, -0.05) is 12.7 Å². The van der Waals surface area contributed by atoms with Crippen LogP contribution in [0.25, 0.3) is 0 Å². The third-order valence-electron chi connectivity index (χ3n) is 1.18. The van der Waals surface area contributed by atoms with Crippen molar-refractivity contribution in [2.24, 2.45) is 0 Å². The van der Waals surface area contributed by atoms with E-state index in [0.717, 1.165) is 0 Å². The number of nitrogens with one attached hydrogen (secondary N) is 1. The summed E-state index contributed by atoms with van der Waals surface area (Å²) in [5.41, 5.74) is 0.0249. The van der Waals surface area contributed by atoms with Crippen LogP contribution in [0.1, 0.15) is 10.4 Å². The topological polar surface area (TPSA) is 75.2 Å². The number of carbonyl (C=O) groups is 1. The van der Waals surface area contributed by atoms with Crippen LogP contribution in [0.4, 0.5) is 0 Å². The van der Waals surface area contributed by atoms with Crippen molar-refractivity contribution in [2.45, 2.75) is 0 Å². The summed E-state index contributed by atoms with van der Waals surface area (Å²) in [4.78, 5) is 10.5. The Labute approximate surface area is 68.7 Å². The maximum atomic E-state index is 10.5. The fourth-order valence-corrected chi connectivity index (χ4v) is 0.679. The van der Waals surface area contributed by atoms with Gasteiger partial charge in [0.25, 0.3) is 0 Å². The van der Waals surface area contributed by atoms with E-state index >= 15 is 0 Å². The quantitative estimate of drug-likeness (QED) is 0.648. The molecule has 2 N–H and O–H groups in total. The molecule has 1 heterocycles. The summed E-state index contributed by atoms with van der Waals surface area (Å²) in [6.07, 6.45) is 2.72. The molecule has 0 aliphatic rings. The number of carboxylic acid groups (broad SMARTS) is 1. The molecule has 0 amide bonds. The molecule has 0 spiro atoms. The first kappa shape index (κ1) is 8.32. The molecule has 0 saturated heterocycles. The zero-order chi connectivity index (χ0) is 8.97. The zero-order valence-corrected chi connectivity index (χ0v) is 6.28. The molecule has 0 unspecified atom stereocenters. The molecule has 64 valence electrons. The highest BCUT2D eigenvalue weighted by atomic mass is 16.5. The number of hydrogen-bond acceptors (Lipinski definition) is 3. The van der Waals surface area contributed by atoms with Gasteiger partial charge in [-0.3, -0.25) is 0 Å². The van der Waals surface area contributed by atoms with Crippen LogP contribution in [0.5, 0.6) is 5.88 Å². The van der Waals surface area contributed by atoms with E-state index in [4.69, 9.17) is 9.84 Å². The highest BCUT2D eigenvalue weighted by Gasteiger charge is 2.12. The molecule has 1 rings (SSSR count). The Kier molecular flexibility index (Phi) is 2.47. The summed E-state index contributed by atoms with van der Waals surface area (Å²) >= 11 is 0. The van der Waals surface area contributed by atoms with Crippen molar-refractivity contribution in [3.63, 3.8) is 0 Å². The average molecular weight is 168 g/mol. The Hall–Kier alpha value is -1.78. The predicted molar refractivity (Wildman–Crippen MR) is 41.2 cm³/mol. The van der Waals surface area contributed by atoms with E-state index in [1.807, 2.05) is 0 Å².